The Balaban J connectivity index is 2.64. The molecule has 8 nitrogen and oxygen atoms in total. The summed E-state index contributed by atoms with van der Waals surface area (Å²) in [4.78, 5) is 9.91. The number of phenols is 2. The van der Waals surface area contributed by atoms with Crippen LogP contribution in [0, 0.1) is 33.6 Å². The van der Waals surface area contributed by atoms with E-state index in [1.165, 1.54) is 0 Å². The van der Waals surface area contributed by atoms with E-state index in [2.05, 4.69) is 0 Å². The quantitative estimate of drug-likeness (QED) is 0.210. The standard InChI is InChI=1S/C16H10F3N3O5/c1-8-11(2-3-14(21(8)25)16(17,18)19)10(7-20)4-9-5-12(22(26)27)15(24)13(23)6-9/h2-6,23-24H,1H3/b10-4+. The molecule has 0 aliphatic carbocycles. The van der Waals surface area contributed by atoms with E-state index in [1.807, 2.05) is 0 Å². The highest BCUT2D eigenvalue weighted by Gasteiger charge is 2.40. The minimum atomic E-state index is -4.88. The SMILES string of the molecule is Cc1c(/C(C#N)=C/c2cc(O)c(O)c([N+](=O)[O-])c2)ccc(C(F)(F)F)[n+]1[O-]. The molecular weight excluding hydrogens is 371 g/mol. The Hall–Kier alpha value is -3.81. The summed E-state index contributed by atoms with van der Waals surface area (Å²) in [6, 6.07) is 4.91. The summed E-state index contributed by atoms with van der Waals surface area (Å²) >= 11 is 0. The van der Waals surface area contributed by atoms with Gasteiger partial charge < -0.3 is 15.4 Å². The predicted molar refractivity (Wildman–Crippen MR) is 85.1 cm³/mol. The first-order valence-electron chi connectivity index (χ1n) is 7.10. The van der Waals surface area contributed by atoms with Crippen molar-refractivity contribution in [1.29, 1.82) is 5.26 Å². The van der Waals surface area contributed by atoms with E-state index in [0.717, 1.165) is 31.2 Å². The van der Waals surface area contributed by atoms with Crippen LogP contribution < -0.4 is 4.73 Å². The average molecular weight is 381 g/mol. The molecule has 0 atom stereocenters. The van der Waals surface area contributed by atoms with Gasteiger partial charge in [0, 0.05) is 19.1 Å². The van der Waals surface area contributed by atoms with Gasteiger partial charge in [0.2, 0.25) is 5.75 Å². The third-order valence-corrected chi connectivity index (χ3v) is 3.62. The molecule has 0 amide bonds. The van der Waals surface area contributed by atoms with E-state index in [4.69, 9.17) is 0 Å². The van der Waals surface area contributed by atoms with Crippen LogP contribution in [0.15, 0.2) is 24.3 Å². The third kappa shape index (κ3) is 3.74. The number of pyridine rings is 1. The topological polar surface area (TPSA) is 134 Å². The van der Waals surface area contributed by atoms with Crippen molar-refractivity contribution < 1.29 is 33.0 Å². The fourth-order valence-corrected chi connectivity index (χ4v) is 2.32. The van der Waals surface area contributed by atoms with E-state index >= 15 is 0 Å². The average Bonchev–Trinajstić information content (AvgIpc) is 2.57. The molecular formula is C16H10F3N3O5. The van der Waals surface area contributed by atoms with Gasteiger partial charge in [-0.1, -0.05) is 0 Å². The maximum Gasteiger partial charge on any atom is 0.478 e. The molecule has 140 valence electrons. The number of hydrogen-bond acceptors (Lipinski definition) is 6. The Morgan fingerprint density at radius 1 is 1.33 bits per heavy atom. The van der Waals surface area contributed by atoms with Gasteiger partial charge in [0.05, 0.1) is 16.1 Å². The second-order valence-electron chi connectivity index (χ2n) is 5.34. The van der Waals surface area contributed by atoms with Crippen molar-refractivity contribution in [3.63, 3.8) is 0 Å². The molecule has 2 aromatic rings. The van der Waals surface area contributed by atoms with E-state index < -0.39 is 39.7 Å². The monoisotopic (exact) mass is 381 g/mol. The van der Waals surface area contributed by atoms with Crippen molar-refractivity contribution in [2.45, 2.75) is 13.1 Å². The second kappa shape index (κ2) is 6.83. The molecule has 0 unspecified atom stereocenters. The van der Waals surface area contributed by atoms with E-state index in [1.54, 1.807) is 6.07 Å². The first-order chi connectivity index (χ1) is 12.5. The number of benzene rings is 1. The number of halogens is 3. The molecule has 0 aliphatic rings. The molecule has 2 rings (SSSR count). The summed E-state index contributed by atoms with van der Waals surface area (Å²) < 4.78 is 38.0. The first kappa shape index (κ1) is 19.5. The van der Waals surface area contributed by atoms with E-state index in [9.17, 15) is 44.0 Å². The maximum atomic E-state index is 12.8. The molecule has 0 spiro atoms. The Kier molecular flexibility index (Phi) is 4.94. The van der Waals surface area contributed by atoms with Gasteiger partial charge in [-0.05, 0) is 23.8 Å². The molecule has 0 bridgehead atoms. The zero-order valence-electron chi connectivity index (χ0n) is 13.5. The summed E-state index contributed by atoms with van der Waals surface area (Å²) in [7, 11) is 0. The van der Waals surface area contributed by atoms with Crippen molar-refractivity contribution in [3.05, 3.63) is 62.1 Å². The van der Waals surface area contributed by atoms with Crippen molar-refractivity contribution in [1.82, 2.24) is 0 Å². The normalized spacial score (nSPS) is 11.9. The van der Waals surface area contributed by atoms with Gasteiger partial charge in [0.25, 0.3) is 5.69 Å². The lowest BCUT2D eigenvalue weighted by molar-refractivity contribution is -0.635. The number of nitrogens with zero attached hydrogens (tertiary/aromatic N) is 3. The number of allylic oxidation sites excluding steroid dienone is 1. The van der Waals surface area contributed by atoms with Gasteiger partial charge in [-0.25, -0.2) is 0 Å². The largest absolute Gasteiger partial charge is 0.618 e. The Labute approximate surface area is 149 Å². The Morgan fingerprint density at radius 2 is 1.96 bits per heavy atom. The number of alkyl halides is 3. The van der Waals surface area contributed by atoms with Gasteiger partial charge in [-0.3, -0.25) is 10.1 Å². The lowest BCUT2D eigenvalue weighted by Crippen LogP contribution is -2.40. The third-order valence-electron chi connectivity index (χ3n) is 3.62. The number of aromatic hydroxyl groups is 2. The van der Waals surface area contributed by atoms with Crippen LogP contribution in [0.1, 0.15) is 22.5 Å². The molecule has 0 saturated carbocycles. The van der Waals surface area contributed by atoms with Crippen LogP contribution in [0.5, 0.6) is 11.5 Å². The molecule has 2 N–H and O–H groups in total. The molecule has 1 aromatic heterocycles. The van der Waals surface area contributed by atoms with Gasteiger partial charge in [0.1, 0.15) is 6.07 Å². The van der Waals surface area contributed by atoms with Crippen LogP contribution in [-0.2, 0) is 6.18 Å². The molecule has 1 heterocycles. The van der Waals surface area contributed by atoms with Gasteiger partial charge in [-0.2, -0.15) is 23.2 Å². The summed E-state index contributed by atoms with van der Waals surface area (Å²) in [5.41, 5.74) is -3.18. The van der Waals surface area contributed by atoms with Crippen LogP contribution in [0.3, 0.4) is 0 Å². The number of nitro groups is 1. The summed E-state index contributed by atoms with van der Waals surface area (Å²) in [5, 5.41) is 51.0. The summed E-state index contributed by atoms with van der Waals surface area (Å²) in [5.74, 6) is -1.80. The molecule has 0 aliphatic heterocycles. The lowest BCUT2D eigenvalue weighted by Gasteiger charge is -2.12. The molecule has 11 heteroatoms. The lowest BCUT2D eigenvalue weighted by atomic mass is 10.0. The first-order valence-corrected chi connectivity index (χ1v) is 7.10. The smallest absolute Gasteiger partial charge is 0.478 e. The number of phenolic OH excluding ortho intramolecular Hbond substituents is 2. The van der Waals surface area contributed by atoms with Gasteiger partial charge >= 0.3 is 11.9 Å². The minimum Gasteiger partial charge on any atom is -0.618 e. The number of rotatable bonds is 3. The zero-order valence-corrected chi connectivity index (χ0v) is 13.5. The fraction of sp³-hybridized carbons (Fsp3) is 0.125. The predicted octanol–water partition coefficient (Wildman–Crippen LogP) is 3.03. The van der Waals surface area contributed by atoms with Crippen molar-refractivity contribution in [2.75, 3.05) is 0 Å². The molecule has 0 saturated heterocycles. The molecule has 1 aromatic carbocycles. The minimum absolute atomic E-state index is 0.0784. The molecule has 0 fully saturated rings. The number of nitro benzene ring substituents is 1. The van der Waals surface area contributed by atoms with Crippen LogP contribution in [0.4, 0.5) is 18.9 Å². The number of aromatic nitrogens is 1. The van der Waals surface area contributed by atoms with Crippen molar-refractivity contribution in [2.24, 2.45) is 0 Å². The highest BCUT2D eigenvalue weighted by molar-refractivity contribution is 5.90. The summed E-state index contributed by atoms with van der Waals surface area (Å²) in [6.45, 7) is 1.08. The van der Waals surface area contributed by atoms with Crippen LogP contribution in [0.2, 0.25) is 0 Å². The van der Waals surface area contributed by atoms with Gasteiger partial charge in [0.15, 0.2) is 11.4 Å². The maximum absolute atomic E-state index is 12.8. The van der Waals surface area contributed by atoms with Crippen LogP contribution in [-0.4, -0.2) is 15.1 Å². The summed E-state index contributed by atoms with van der Waals surface area (Å²) in [6.07, 6.45) is -3.85. The number of hydrogen-bond donors (Lipinski definition) is 2. The number of nitriles is 1. The van der Waals surface area contributed by atoms with Crippen LogP contribution in [0.25, 0.3) is 11.6 Å². The Bertz CT molecular complexity index is 1010. The van der Waals surface area contributed by atoms with Crippen molar-refractivity contribution in [3.8, 4) is 17.6 Å². The van der Waals surface area contributed by atoms with Crippen LogP contribution >= 0.6 is 0 Å². The molecule has 0 radical (unpaired) electrons. The van der Waals surface area contributed by atoms with E-state index in [0.29, 0.717) is 6.07 Å². The highest BCUT2D eigenvalue weighted by atomic mass is 19.4. The van der Waals surface area contributed by atoms with E-state index in [-0.39, 0.29) is 21.4 Å². The van der Waals surface area contributed by atoms with Gasteiger partial charge in [-0.15, -0.1) is 0 Å². The zero-order chi connectivity index (χ0) is 20.5. The fourth-order valence-electron chi connectivity index (χ4n) is 2.32. The highest BCUT2D eigenvalue weighted by Crippen LogP contribution is 2.37. The Morgan fingerprint density at radius 3 is 2.48 bits per heavy atom. The molecule has 27 heavy (non-hydrogen) atoms. The van der Waals surface area contributed by atoms with Crippen molar-refractivity contribution >= 4 is 17.3 Å². The second-order valence-corrected chi connectivity index (χ2v) is 5.34.